The third-order valence-electron chi connectivity index (χ3n) is 3.68. The highest BCUT2D eigenvalue weighted by atomic mass is 32.1. The van der Waals surface area contributed by atoms with Gasteiger partial charge in [-0.3, -0.25) is 0 Å². The van der Waals surface area contributed by atoms with Crippen LogP contribution in [0.25, 0.3) is 0 Å². The van der Waals surface area contributed by atoms with Crippen LogP contribution in [0.3, 0.4) is 0 Å². The summed E-state index contributed by atoms with van der Waals surface area (Å²) in [6.45, 7) is 3.37. The number of rotatable bonds is 5. The Balaban J connectivity index is 1.47. The molecule has 0 fully saturated rings. The van der Waals surface area contributed by atoms with Gasteiger partial charge in [0.05, 0.1) is 13.2 Å². The van der Waals surface area contributed by atoms with E-state index in [9.17, 15) is 4.79 Å². The summed E-state index contributed by atoms with van der Waals surface area (Å²) in [5, 5.41) is 7.87. The average Bonchev–Trinajstić information content (AvgIpc) is 3.15. The van der Waals surface area contributed by atoms with Gasteiger partial charge >= 0.3 is 6.03 Å². The van der Waals surface area contributed by atoms with Crippen LogP contribution in [0, 0.1) is 0 Å². The van der Waals surface area contributed by atoms with Crippen molar-refractivity contribution >= 4 is 17.4 Å². The van der Waals surface area contributed by atoms with Crippen LogP contribution in [0.5, 0.6) is 5.75 Å². The smallest absolute Gasteiger partial charge is 0.315 e. The molecule has 0 saturated carbocycles. The summed E-state index contributed by atoms with van der Waals surface area (Å²) in [5.41, 5.74) is 2.50. The predicted molar refractivity (Wildman–Crippen MR) is 88.5 cm³/mol. The second-order valence-corrected chi connectivity index (χ2v) is 6.58. The lowest BCUT2D eigenvalue weighted by molar-refractivity contribution is 0.237. The highest BCUT2D eigenvalue weighted by molar-refractivity contribution is 7.09. The number of ether oxygens (including phenoxy) is 1. The molecule has 116 valence electrons. The SMILES string of the molecule is CC(Cc1ccc2c(c1)CCO2)NC(=O)NCc1cccs1. The van der Waals surface area contributed by atoms with Gasteiger partial charge in [0.2, 0.25) is 0 Å². The molecule has 2 amide bonds. The Morgan fingerprint density at radius 3 is 3.14 bits per heavy atom. The molecule has 1 aromatic heterocycles. The van der Waals surface area contributed by atoms with Crippen LogP contribution in [-0.4, -0.2) is 18.7 Å². The lowest BCUT2D eigenvalue weighted by Crippen LogP contribution is -2.41. The number of hydrogen-bond donors (Lipinski definition) is 2. The van der Waals surface area contributed by atoms with Crippen molar-refractivity contribution in [3.63, 3.8) is 0 Å². The van der Waals surface area contributed by atoms with Gasteiger partial charge in [0.1, 0.15) is 5.75 Å². The van der Waals surface area contributed by atoms with Gasteiger partial charge < -0.3 is 15.4 Å². The fourth-order valence-corrected chi connectivity index (χ4v) is 3.27. The van der Waals surface area contributed by atoms with Gasteiger partial charge in [-0.05, 0) is 42.0 Å². The van der Waals surface area contributed by atoms with Crippen molar-refractivity contribution in [2.24, 2.45) is 0 Å². The molecule has 2 aromatic rings. The Morgan fingerprint density at radius 1 is 1.41 bits per heavy atom. The van der Waals surface area contributed by atoms with E-state index in [1.54, 1.807) is 11.3 Å². The van der Waals surface area contributed by atoms with Crippen LogP contribution in [0.15, 0.2) is 35.7 Å². The lowest BCUT2D eigenvalue weighted by Gasteiger charge is -2.15. The molecular weight excluding hydrogens is 296 g/mol. The van der Waals surface area contributed by atoms with E-state index in [0.717, 1.165) is 30.1 Å². The normalized spacial score (nSPS) is 14.0. The minimum absolute atomic E-state index is 0.0868. The van der Waals surface area contributed by atoms with Crippen molar-refractivity contribution in [1.82, 2.24) is 10.6 Å². The number of hydrogen-bond acceptors (Lipinski definition) is 3. The quantitative estimate of drug-likeness (QED) is 0.890. The molecule has 2 heterocycles. The van der Waals surface area contributed by atoms with Crippen molar-refractivity contribution in [3.05, 3.63) is 51.7 Å². The van der Waals surface area contributed by atoms with Crippen LogP contribution >= 0.6 is 11.3 Å². The third kappa shape index (κ3) is 3.80. The molecule has 1 aliphatic heterocycles. The van der Waals surface area contributed by atoms with E-state index in [1.165, 1.54) is 11.1 Å². The zero-order chi connectivity index (χ0) is 15.4. The van der Waals surface area contributed by atoms with E-state index in [2.05, 4.69) is 22.8 Å². The third-order valence-corrected chi connectivity index (χ3v) is 4.55. The topological polar surface area (TPSA) is 50.4 Å². The molecule has 4 nitrogen and oxygen atoms in total. The molecule has 1 aromatic carbocycles. The number of carbonyl (C=O) groups is 1. The van der Waals surface area contributed by atoms with Gasteiger partial charge in [0, 0.05) is 17.3 Å². The van der Waals surface area contributed by atoms with Gasteiger partial charge in [0.15, 0.2) is 0 Å². The second kappa shape index (κ2) is 6.83. The summed E-state index contributed by atoms with van der Waals surface area (Å²) < 4.78 is 5.51. The van der Waals surface area contributed by atoms with E-state index in [1.807, 2.05) is 30.5 Å². The fraction of sp³-hybridized carbons (Fsp3) is 0.353. The van der Waals surface area contributed by atoms with Crippen molar-refractivity contribution in [1.29, 1.82) is 0 Å². The summed E-state index contributed by atoms with van der Waals surface area (Å²) >= 11 is 1.64. The summed E-state index contributed by atoms with van der Waals surface area (Å²) in [6.07, 6.45) is 1.80. The number of benzene rings is 1. The van der Waals surface area contributed by atoms with E-state index < -0.39 is 0 Å². The molecule has 1 unspecified atom stereocenters. The van der Waals surface area contributed by atoms with Crippen molar-refractivity contribution in [3.8, 4) is 5.75 Å². The number of thiophene rings is 1. The Kier molecular flexibility index (Phi) is 4.63. The number of carbonyl (C=O) groups excluding carboxylic acids is 1. The number of urea groups is 1. The van der Waals surface area contributed by atoms with Gasteiger partial charge in [-0.1, -0.05) is 18.2 Å². The van der Waals surface area contributed by atoms with Crippen LogP contribution in [0.2, 0.25) is 0 Å². The zero-order valence-corrected chi connectivity index (χ0v) is 13.4. The minimum Gasteiger partial charge on any atom is -0.493 e. The maximum absolute atomic E-state index is 11.9. The molecular formula is C17H20N2O2S. The van der Waals surface area contributed by atoms with Crippen LogP contribution < -0.4 is 15.4 Å². The summed E-state index contributed by atoms with van der Waals surface area (Å²) in [4.78, 5) is 13.0. The molecule has 3 rings (SSSR count). The summed E-state index contributed by atoms with van der Waals surface area (Å²) in [5.74, 6) is 0.998. The highest BCUT2D eigenvalue weighted by Gasteiger charge is 2.14. The van der Waals surface area contributed by atoms with Crippen LogP contribution in [0.1, 0.15) is 22.9 Å². The van der Waals surface area contributed by atoms with Gasteiger partial charge in [-0.2, -0.15) is 0 Å². The Morgan fingerprint density at radius 2 is 2.32 bits per heavy atom. The largest absolute Gasteiger partial charge is 0.493 e. The summed E-state index contributed by atoms with van der Waals surface area (Å²) in [6, 6.07) is 10.3. The molecule has 5 heteroatoms. The Labute approximate surface area is 134 Å². The molecule has 0 spiro atoms. The minimum atomic E-state index is -0.120. The van der Waals surface area contributed by atoms with Crippen molar-refractivity contribution < 1.29 is 9.53 Å². The Bertz CT molecular complexity index is 640. The molecule has 0 aliphatic carbocycles. The molecule has 22 heavy (non-hydrogen) atoms. The number of nitrogens with one attached hydrogen (secondary N) is 2. The molecule has 0 saturated heterocycles. The molecule has 0 radical (unpaired) electrons. The number of amides is 2. The predicted octanol–water partition coefficient (Wildman–Crippen LogP) is 3.11. The first-order valence-corrected chi connectivity index (χ1v) is 8.40. The summed E-state index contributed by atoms with van der Waals surface area (Å²) in [7, 11) is 0. The van der Waals surface area contributed by atoms with Crippen molar-refractivity contribution in [2.75, 3.05) is 6.61 Å². The Hall–Kier alpha value is -2.01. The van der Waals surface area contributed by atoms with Crippen molar-refractivity contribution in [2.45, 2.75) is 32.4 Å². The zero-order valence-electron chi connectivity index (χ0n) is 12.6. The van der Waals surface area contributed by atoms with E-state index >= 15 is 0 Å². The molecule has 1 atom stereocenters. The van der Waals surface area contributed by atoms with E-state index in [-0.39, 0.29) is 12.1 Å². The molecule has 2 N–H and O–H groups in total. The fourth-order valence-electron chi connectivity index (χ4n) is 2.63. The van der Waals surface area contributed by atoms with Gasteiger partial charge in [0.25, 0.3) is 0 Å². The maximum Gasteiger partial charge on any atom is 0.315 e. The molecule has 1 aliphatic rings. The lowest BCUT2D eigenvalue weighted by atomic mass is 10.0. The maximum atomic E-state index is 11.9. The number of fused-ring (bicyclic) bond motifs is 1. The van der Waals surface area contributed by atoms with Gasteiger partial charge in [-0.25, -0.2) is 4.79 Å². The molecule has 0 bridgehead atoms. The first-order valence-electron chi connectivity index (χ1n) is 7.52. The average molecular weight is 316 g/mol. The second-order valence-electron chi connectivity index (χ2n) is 5.55. The van der Waals surface area contributed by atoms with Crippen LogP contribution in [0.4, 0.5) is 4.79 Å². The highest BCUT2D eigenvalue weighted by Crippen LogP contribution is 2.26. The van der Waals surface area contributed by atoms with Gasteiger partial charge in [-0.15, -0.1) is 11.3 Å². The first-order chi connectivity index (χ1) is 10.7. The first kappa shape index (κ1) is 14.9. The van der Waals surface area contributed by atoms with E-state index in [0.29, 0.717) is 6.54 Å². The monoisotopic (exact) mass is 316 g/mol. The standard InChI is InChI=1S/C17H20N2O2S/c1-12(19-17(20)18-11-15-3-2-8-22-15)9-13-4-5-16-14(10-13)6-7-21-16/h2-5,8,10,12H,6-7,9,11H2,1H3,(H2,18,19,20). The van der Waals surface area contributed by atoms with E-state index in [4.69, 9.17) is 4.74 Å². The van der Waals surface area contributed by atoms with Crippen LogP contribution in [-0.2, 0) is 19.4 Å².